The van der Waals surface area contributed by atoms with Crippen molar-refractivity contribution in [1.82, 2.24) is 15.1 Å². The molecule has 1 saturated carbocycles. The van der Waals surface area contributed by atoms with Crippen LogP contribution in [0.15, 0.2) is 0 Å². The van der Waals surface area contributed by atoms with E-state index in [2.05, 4.69) is 5.32 Å². The van der Waals surface area contributed by atoms with E-state index in [0.29, 0.717) is 13.0 Å². The van der Waals surface area contributed by atoms with Gasteiger partial charge in [0.2, 0.25) is 0 Å². The maximum absolute atomic E-state index is 12.4. The second kappa shape index (κ2) is 8.75. The topological polar surface area (TPSA) is 93.1 Å². The van der Waals surface area contributed by atoms with Gasteiger partial charge < -0.3 is 20.4 Å². The van der Waals surface area contributed by atoms with E-state index in [0.717, 1.165) is 30.9 Å². The van der Waals surface area contributed by atoms with Gasteiger partial charge in [-0.05, 0) is 25.8 Å². The largest absolute Gasteiger partial charge is 0.480 e. The highest BCUT2D eigenvalue weighted by molar-refractivity contribution is 7.99. The molecule has 0 aromatic carbocycles. The third kappa shape index (κ3) is 4.99. The standard InChI is InChI=1S/C15H27N3O4S/c1-2-17(9-14(20)21)13-7-11(8-13)16-15(22)18-4-6-23-10-12(18)3-5-19/h11-13,19H,2-10H2,1H3,(H,16,22)(H,20,21). The Bertz CT molecular complexity index is 416. The van der Waals surface area contributed by atoms with Crippen LogP contribution in [0.3, 0.4) is 0 Å². The first-order chi connectivity index (χ1) is 11.0. The van der Waals surface area contributed by atoms with Crippen molar-refractivity contribution in [3.8, 4) is 0 Å². The molecular formula is C15H27N3O4S. The Morgan fingerprint density at radius 3 is 2.74 bits per heavy atom. The zero-order valence-corrected chi connectivity index (χ0v) is 14.4. The molecule has 0 aromatic heterocycles. The second-order valence-corrected chi connectivity index (χ2v) is 7.31. The van der Waals surface area contributed by atoms with Gasteiger partial charge in [-0.25, -0.2) is 4.79 Å². The van der Waals surface area contributed by atoms with Crippen molar-refractivity contribution in [2.45, 2.75) is 44.3 Å². The number of amides is 2. The Morgan fingerprint density at radius 1 is 1.39 bits per heavy atom. The van der Waals surface area contributed by atoms with Crippen LogP contribution in [-0.4, -0.2) is 87.9 Å². The number of urea groups is 1. The fourth-order valence-corrected chi connectivity index (χ4v) is 4.36. The molecule has 2 amide bonds. The molecule has 1 heterocycles. The maximum atomic E-state index is 12.4. The summed E-state index contributed by atoms with van der Waals surface area (Å²) in [5.74, 6) is 1.01. The first kappa shape index (κ1) is 18.4. The number of aliphatic hydroxyl groups is 1. The number of carboxylic acid groups (broad SMARTS) is 1. The average molecular weight is 345 g/mol. The van der Waals surface area contributed by atoms with Crippen LogP contribution >= 0.6 is 11.8 Å². The van der Waals surface area contributed by atoms with Gasteiger partial charge in [0.15, 0.2) is 0 Å². The van der Waals surface area contributed by atoms with Crippen molar-refractivity contribution in [1.29, 1.82) is 0 Å². The first-order valence-electron chi connectivity index (χ1n) is 8.26. The Balaban J connectivity index is 1.77. The van der Waals surface area contributed by atoms with Crippen molar-refractivity contribution in [2.75, 3.05) is 37.7 Å². The molecule has 0 aromatic rings. The van der Waals surface area contributed by atoms with Crippen LogP contribution in [0.25, 0.3) is 0 Å². The van der Waals surface area contributed by atoms with E-state index in [1.807, 2.05) is 28.5 Å². The number of rotatable bonds is 7. The highest BCUT2D eigenvalue weighted by Crippen LogP contribution is 2.26. The number of carbonyl (C=O) groups is 2. The minimum atomic E-state index is -0.808. The normalized spacial score (nSPS) is 27.6. The molecule has 1 aliphatic heterocycles. The number of aliphatic carboxylic acids is 1. The van der Waals surface area contributed by atoms with Crippen LogP contribution in [0, 0.1) is 0 Å². The number of nitrogens with zero attached hydrogens (tertiary/aromatic N) is 2. The number of likely N-dealkylation sites (N-methyl/N-ethyl adjacent to an activating group) is 1. The highest BCUT2D eigenvalue weighted by atomic mass is 32.2. The predicted molar refractivity (Wildman–Crippen MR) is 89.7 cm³/mol. The van der Waals surface area contributed by atoms with Crippen LogP contribution in [0.2, 0.25) is 0 Å². The Labute approximate surface area is 141 Å². The van der Waals surface area contributed by atoms with Crippen LogP contribution in [0.1, 0.15) is 26.2 Å². The van der Waals surface area contributed by atoms with Gasteiger partial charge >= 0.3 is 12.0 Å². The van der Waals surface area contributed by atoms with Crippen LogP contribution in [0.4, 0.5) is 4.79 Å². The van der Waals surface area contributed by atoms with E-state index in [1.165, 1.54) is 0 Å². The van der Waals surface area contributed by atoms with Crippen molar-refractivity contribution in [3.05, 3.63) is 0 Å². The molecule has 0 bridgehead atoms. The van der Waals surface area contributed by atoms with E-state index >= 15 is 0 Å². The van der Waals surface area contributed by atoms with Crippen molar-refractivity contribution < 1.29 is 19.8 Å². The molecule has 23 heavy (non-hydrogen) atoms. The molecule has 7 nitrogen and oxygen atoms in total. The summed E-state index contributed by atoms with van der Waals surface area (Å²) in [6, 6.07) is 0.425. The lowest BCUT2D eigenvalue weighted by molar-refractivity contribution is -0.139. The number of nitrogens with one attached hydrogen (secondary N) is 1. The summed E-state index contributed by atoms with van der Waals surface area (Å²) >= 11 is 1.82. The van der Waals surface area contributed by atoms with E-state index in [-0.39, 0.29) is 37.3 Å². The summed E-state index contributed by atoms with van der Waals surface area (Å²) in [4.78, 5) is 27.0. The lowest BCUT2D eigenvalue weighted by Crippen LogP contribution is -2.59. The smallest absolute Gasteiger partial charge is 0.317 e. The van der Waals surface area contributed by atoms with E-state index in [9.17, 15) is 9.59 Å². The molecule has 1 unspecified atom stereocenters. The minimum Gasteiger partial charge on any atom is -0.480 e. The predicted octanol–water partition coefficient (Wildman–Crippen LogP) is 0.433. The zero-order valence-electron chi connectivity index (χ0n) is 13.6. The van der Waals surface area contributed by atoms with Crippen molar-refractivity contribution in [3.63, 3.8) is 0 Å². The van der Waals surface area contributed by atoms with E-state index in [4.69, 9.17) is 10.2 Å². The summed E-state index contributed by atoms with van der Waals surface area (Å²) in [6.45, 7) is 3.54. The third-order valence-electron chi connectivity index (χ3n) is 4.65. The summed E-state index contributed by atoms with van der Waals surface area (Å²) in [6.07, 6.45) is 2.23. The van der Waals surface area contributed by atoms with Gasteiger partial charge in [0.25, 0.3) is 0 Å². The molecule has 1 aliphatic carbocycles. The van der Waals surface area contributed by atoms with Crippen LogP contribution in [0.5, 0.6) is 0 Å². The third-order valence-corrected chi connectivity index (χ3v) is 5.74. The molecule has 1 saturated heterocycles. The number of aliphatic hydroxyl groups excluding tert-OH is 1. The summed E-state index contributed by atoms with van der Waals surface area (Å²) in [5, 5.41) is 21.1. The molecule has 132 valence electrons. The monoisotopic (exact) mass is 345 g/mol. The van der Waals surface area contributed by atoms with Crippen molar-refractivity contribution >= 4 is 23.8 Å². The van der Waals surface area contributed by atoms with Gasteiger partial charge in [-0.1, -0.05) is 6.92 Å². The number of thioether (sulfide) groups is 1. The van der Waals surface area contributed by atoms with Crippen molar-refractivity contribution in [2.24, 2.45) is 0 Å². The van der Waals surface area contributed by atoms with E-state index < -0.39 is 5.97 Å². The lowest BCUT2D eigenvalue weighted by Gasteiger charge is -2.44. The molecule has 2 fully saturated rings. The Kier molecular flexibility index (Phi) is 6.98. The number of carboxylic acids is 1. The summed E-state index contributed by atoms with van der Waals surface area (Å²) < 4.78 is 0. The van der Waals surface area contributed by atoms with Gasteiger partial charge in [0.05, 0.1) is 6.54 Å². The van der Waals surface area contributed by atoms with E-state index in [1.54, 1.807) is 0 Å². The SMILES string of the molecule is CCN(CC(=O)O)C1CC(NC(=O)N2CCSCC2CCO)C1. The van der Waals surface area contributed by atoms with Crippen LogP contribution < -0.4 is 5.32 Å². The molecule has 3 N–H and O–H groups in total. The average Bonchev–Trinajstić information content (AvgIpc) is 2.49. The maximum Gasteiger partial charge on any atom is 0.317 e. The quantitative estimate of drug-likeness (QED) is 0.620. The molecule has 2 rings (SSSR count). The fourth-order valence-electron chi connectivity index (χ4n) is 3.24. The van der Waals surface area contributed by atoms with Gasteiger partial charge in [-0.15, -0.1) is 0 Å². The highest BCUT2D eigenvalue weighted by Gasteiger charge is 2.36. The number of hydrogen-bond acceptors (Lipinski definition) is 5. The summed E-state index contributed by atoms with van der Waals surface area (Å²) in [7, 11) is 0. The lowest BCUT2D eigenvalue weighted by atomic mass is 9.85. The molecule has 0 spiro atoms. The Hall–Kier alpha value is -0.990. The van der Waals surface area contributed by atoms with Gasteiger partial charge in [-0.3, -0.25) is 9.69 Å². The first-order valence-corrected chi connectivity index (χ1v) is 9.42. The zero-order chi connectivity index (χ0) is 16.8. The number of carbonyl (C=O) groups excluding carboxylic acids is 1. The van der Waals surface area contributed by atoms with Crippen LogP contribution in [-0.2, 0) is 4.79 Å². The minimum absolute atomic E-state index is 0.0477. The molecule has 0 radical (unpaired) electrons. The van der Waals surface area contributed by atoms with Gasteiger partial charge in [-0.2, -0.15) is 11.8 Å². The molecule has 1 atom stereocenters. The molecule has 2 aliphatic rings. The van der Waals surface area contributed by atoms with Gasteiger partial charge in [0.1, 0.15) is 0 Å². The Morgan fingerprint density at radius 2 is 2.13 bits per heavy atom. The fraction of sp³-hybridized carbons (Fsp3) is 0.867. The second-order valence-electron chi connectivity index (χ2n) is 6.16. The van der Waals surface area contributed by atoms with Gasteiger partial charge in [0, 0.05) is 42.8 Å². The molecular weight excluding hydrogens is 318 g/mol. The summed E-state index contributed by atoms with van der Waals surface area (Å²) in [5.41, 5.74) is 0. The number of hydrogen-bond donors (Lipinski definition) is 3. The molecule has 8 heteroatoms.